The Morgan fingerprint density at radius 3 is 1.73 bits per heavy atom. The number of hydrogen-bond donors (Lipinski definition) is 0. The molecule has 0 aliphatic heterocycles. The topological polar surface area (TPSA) is 12.4 Å². The maximum Gasteiger partial charge on any atom is 0.370 e. The summed E-state index contributed by atoms with van der Waals surface area (Å²) in [5.74, 6) is 0. The molecule has 15 heavy (non-hydrogen) atoms. The van der Waals surface area contributed by atoms with Gasteiger partial charge in [0.15, 0.2) is 5.70 Å². The first kappa shape index (κ1) is 14.7. The van der Waals surface area contributed by atoms with E-state index in [4.69, 9.17) is 11.6 Å². The number of hydrogen-bond acceptors (Lipinski definition) is 1. The molecule has 0 radical (unpaired) electrons. The van der Waals surface area contributed by atoms with Crippen molar-refractivity contribution in [3.8, 4) is 0 Å². The molecule has 1 nitrogen and oxygen atoms in total. The third-order valence-corrected chi connectivity index (χ3v) is 2.11. The summed E-state index contributed by atoms with van der Waals surface area (Å²) in [7, 11) is 0. The first-order valence-electron chi connectivity index (χ1n) is 3.83. The highest BCUT2D eigenvalue weighted by atomic mass is 35.5. The molecule has 0 heterocycles. The van der Waals surface area contributed by atoms with Gasteiger partial charge in [0.25, 0.3) is 6.08 Å². The van der Waals surface area contributed by atoms with Gasteiger partial charge in [-0.2, -0.15) is 17.6 Å². The summed E-state index contributed by atoms with van der Waals surface area (Å²) in [6.07, 6.45) is -2.66. The molecule has 0 rings (SSSR count). The van der Waals surface area contributed by atoms with E-state index in [0.717, 1.165) is 0 Å². The molecule has 0 amide bonds. The van der Waals surface area contributed by atoms with Gasteiger partial charge >= 0.3 is 5.38 Å². The van der Waals surface area contributed by atoms with E-state index in [1.165, 1.54) is 0 Å². The number of rotatable bonds is 2. The average molecular weight is 266 g/mol. The Morgan fingerprint density at radius 2 is 1.53 bits per heavy atom. The fourth-order valence-corrected chi connectivity index (χ4v) is 0.677. The van der Waals surface area contributed by atoms with Crippen LogP contribution < -0.4 is 0 Å². The van der Waals surface area contributed by atoms with Gasteiger partial charge in [0.05, 0.1) is 0 Å². The lowest BCUT2D eigenvalue weighted by molar-refractivity contribution is 0.128. The van der Waals surface area contributed by atoms with E-state index >= 15 is 0 Å². The van der Waals surface area contributed by atoms with E-state index in [1.807, 2.05) is 0 Å². The van der Waals surface area contributed by atoms with E-state index in [-0.39, 0.29) is 5.17 Å². The monoisotopic (exact) mass is 265 g/mol. The summed E-state index contributed by atoms with van der Waals surface area (Å²) in [6.45, 7) is 4.62. The lowest BCUT2D eigenvalue weighted by atomic mass is 9.99. The summed E-state index contributed by atoms with van der Waals surface area (Å²) in [5.41, 5.74) is -2.62. The fraction of sp³-hybridized carbons (Fsp3) is 0.625. The standard InChI is InChI=1S/C8H9Cl2F4N/c1-7(2,3)6(9)15-4(5(11)12)8(10,13)14/h1-3H3. The zero-order valence-corrected chi connectivity index (χ0v) is 9.73. The van der Waals surface area contributed by atoms with Gasteiger partial charge < -0.3 is 0 Å². The largest absolute Gasteiger partial charge is 0.370 e. The third kappa shape index (κ3) is 4.84. The summed E-state index contributed by atoms with van der Waals surface area (Å²) in [5, 5.41) is -4.60. The molecule has 0 aromatic rings. The highest BCUT2D eigenvalue weighted by Gasteiger charge is 2.36. The maximum absolute atomic E-state index is 12.4. The predicted octanol–water partition coefficient (Wildman–Crippen LogP) is 4.61. The molecule has 0 saturated carbocycles. The molecule has 0 fully saturated rings. The molecule has 0 unspecified atom stereocenters. The Labute approximate surface area is 94.8 Å². The van der Waals surface area contributed by atoms with Crippen molar-refractivity contribution in [2.45, 2.75) is 26.2 Å². The second kappa shape index (κ2) is 4.70. The summed E-state index contributed by atoms with van der Waals surface area (Å²) < 4.78 is 49.1. The quantitative estimate of drug-likeness (QED) is 0.393. The van der Waals surface area contributed by atoms with E-state index in [0.29, 0.717) is 0 Å². The van der Waals surface area contributed by atoms with Crippen molar-refractivity contribution in [1.29, 1.82) is 0 Å². The molecule has 0 aromatic carbocycles. The van der Waals surface area contributed by atoms with Crippen LogP contribution in [-0.4, -0.2) is 10.6 Å². The van der Waals surface area contributed by atoms with Gasteiger partial charge in [0.2, 0.25) is 0 Å². The zero-order valence-electron chi connectivity index (χ0n) is 8.22. The van der Waals surface area contributed by atoms with Crippen LogP contribution in [0, 0.1) is 5.41 Å². The van der Waals surface area contributed by atoms with E-state index < -0.39 is 22.6 Å². The first-order chi connectivity index (χ1) is 6.46. The number of allylic oxidation sites excluding steroid dienone is 1. The molecule has 0 N–H and O–H groups in total. The highest BCUT2D eigenvalue weighted by molar-refractivity contribution is 6.66. The minimum atomic E-state index is -4.23. The van der Waals surface area contributed by atoms with E-state index in [1.54, 1.807) is 20.8 Å². The Hall–Kier alpha value is -0.290. The molecule has 88 valence electrons. The van der Waals surface area contributed by atoms with Gasteiger partial charge in [0, 0.05) is 5.41 Å². The number of alkyl halides is 3. The van der Waals surface area contributed by atoms with Gasteiger partial charge in [-0.1, -0.05) is 32.4 Å². The van der Waals surface area contributed by atoms with E-state index in [2.05, 4.69) is 16.6 Å². The van der Waals surface area contributed by atoms with Crippen LogP contribution in [0.25, 0.3) is 0 Å². The van der Waals surface area contributed by atoms with Crippen LogP contribution in [0.2, 0.25) is 0 Å². The summed E-state index contributed by atoms with van der Waals surface area (Å²) >= 11 is 9.94. The van der Waals surface area contributed by atoms with E-state index in [9.17, 15) is 17.6 Å². The number of aliphatic imine (C=N–C) groups is 1. The van der Waals surface area contributed by atoms with Crippen LogP contribution in [-0.2, 0) is 0 Å². The Kier molecular flexibility index (Phi) is 4.61. The lowest BCUT2D eigenvalue weighted by Crippen LogP contribution is -2.18. The van der Waals surface area contributed by atoms with Crippen LogP contribution in [0.15, 0.2) is 16.8 Å². The molecular formula is C8H9Cl2F4N. The minimum absolute atomic E-state index is 0.370. The maximum atomic E-state index is 12.4. The Balaban J connectivity index is 5.31. The van der Waals surface area contributed by atoms with Crippen LogP contribution >= 0.6 is 23.2 Å². The van der Waals surface area contributed by atoms with Crippen molar-refractivity contribution in [3.05, 3.63) is 11.8 Å². The number of halogens is 6. The van der Waals surface area contributed by atoms with Crippen molar-refractivity contribution in [1.82, 2.24) is 0 Å². The third-order valence-electron chi connectivity index (χ3n) is 1.28. The van der Waals surface area contributed by atoms with Crippen LogP contribution in [0.1, 0.15) is 20.8 Å². The molecule has 0 aromatic heterocycles. The van der Waals surface area contributed by atoms with Crippen molar-refractivity contribution in [3.63, 3.8) is 0 Å². The molecule has 0 atom stereocenters. The molecule has 7 heteroatoms. The Morgan fingerprint density at radius 1 is 1.13 bits per heavy atom. The highest BCUT2D eigenvalue weighted by Crippen LogP contribution is 2.34. The Bertz CT molecular complexity index is 295. The molecule has 0 spiro atoms. The smallest absolute Gasteiger partial charge is 0.232 e. The van der Waals surface area contributed by atoms with Gasteiger partial charge in [-0.15, -0.1) is 0 Å². The molecule has 0 aliphatic rings. The SMILES string of the molecule is CC(C)(C)C(Cl)=NC(=C(F)F)C(F)(F)Cl. The minimum Gasteiger partial charge on any atom is -0.232 e. The van der Waals surface area contributed by atoms with Crippen LogP contribution in [0.5, 0.6) is 0 Å². The van der Waals surface area contributed by atoms with Crippen molar-refractivity contribution < 1.29 is 17.6 Å². The predicted molar refractivity (Wildman–Crippen MR) is 52.8 cm³/mol. The number of nitrogens with zero attached hydrogens (tertiary/aromatic N) is 1. The summed E-state index contributed by atoms with van der Waals surface area (Å²) in [6, 6.07) is 0. The van der Waals surface area contributed by atoms with Gasteiger partial charge in [0.1, 0.15) is 5.17 Å². The molecule has 0 aliphatic carbocycles. The van der Waals surface area contributed by atoms with Crippen molar-refractivity contribution >= 4 is 28.4 Å². The second-order valence-corrected chi connectivity index (χ2v) is 4.59. The average Bonchev–Trinajstić information content (AvgIpc) is 1.94. The molecule has 0 bridgehead atoms. The van der Waals surface area contributed by atoms with Gasteiger partial charge in [-0.3, -0.25) is 0 Å². The lowest BCUT2D eigenvalue weighted by Gasteiger charge is -2.17. The van der Waals surface area contributed by atoms with Gasteiger partial charge in [-0.05, 0) is 11.6 Å². The first-order valence-corrected chi connectivity index (χ1v) is 4.59. The van der Waals surface area contributed by atoms with Gasteiger partial charge in [-0.25, -0.2) is 4.99 Å². The van der Waals surface area contributed by atoms with Crippen LogP contribution in [0.4, 0.5) is 17.6 Å². The normalized spacial score (nSPS) is 14.1. The molecular weight excluding hydrogens is 257 g/mol. The van der Waals surface area contributed by atoms with Crippen molar-refractivity contribution in [2.24, 2.45) is 10.4 Å². The second-order valence-electron chi connectivity index (χ2n) is 3.76. The molecule has 0 saturated heterocycles. The summed E-state index contributed by atoms with van der Waals surface area (Å²) in [4.78, 5) is 2.95. The fourth-order valence-electron chi connectivity index (χ4n) is 0.479. The van der Waals surface area contributed by atoms with Crippen LogP contribution in [0.3, 0.4) is 0 Å². The van der Waals surface area contributed by atoms with Crippen molar-refractivity contribution in [2.75, 3.05) is 0 Å². The zero-order chi connectivity index (χ0) is 12.4.